The summed E-state index contributed by atoms with van der Waals surface area (Å²) in [6.07, 6.45) is -3.97. The molecule has 1 aromatic carbocycles. The van der Waals surface area contributed by atoms with Crippen molar-refractivity contribution in [3.05, 3.63) is 41.8 Å². The third kappa shape index (κ3) is 5.98. The summed E-state index contributed by atoms with van der Waals surface area (Å²) in [6, 6.07) is 7.46. The molecule has 1 fully saturated rings. The summed E-state index contributed by atoms with van der Waals surface area (Å²) in [7, 11) is 0. The van der Waals surface area contributed by atoms with Crippen LogP contribution in [0.5, 0.6) is 0 Å². The van der Waals surface area contributed by atoms with E-state index >= 15 is 0 Å². The third-order valence-corrected chi connectivity index (χ3v) is 4.78. The molecule has 0 unspecified atom stereocenters. The van der Waals surface area contributed by atoms with Crippen LogP contribution >= 0.6 is 0 Å². The van der Waals surface area contributed by atoms with Crippen LogP contribution in [0.15, 0.2) is 34.9 Å². The number of nitrogens with one attached hydrogen (secondary N) is 1. The van der Waals surface area contributed by atoms with Gasteiger partial charge in [-0.25, -0.2) is 9.78 Å². The van der Waals surface area contributed by atoms with Gasteiger partial charge in [-0.1, -0.05) is 17.7 Å². The fourth-order valence-electron chi connectivity index (χ4n) is 3.10. The molecule has 1 N–H and O–H groups in total. The minimum Gasteiger partial charge on any atom is -0.444 e. The van der Waals surface area contributed by atoms with Crippen molar-refractivity contribution in [1.29, 1.82) is 0 Å². The van der Waals surface area contributed by atoms with Crippen LogP contribution in [0.25, 0.3) is 11.5 Å². The van der Waals surface area contributed by atoms with Crippen molar-refractivity contribution in [2.24, 2.45) is 0 Å². The molecule has 3 rings (SSSR count). The van der Waals surface area contributed by atoms with Crippen molar-refractivity contribution in [3.8, 4) is 11.5 Å². The maximum Gasteiger partial charge on any atom is 0.397 e. The first-order chi connectivity index (χ1) is 14.2. The first kappa shape index (κ1) is 21.7. The molecular weight excluding hydrogens is 401 g/mol. The van der Waals surface area contributed by atoms with Gasteiger partial charge in [0.05, 0.1) is 5.69 Å². The molecule has 2 aromatic rings. The average molecular weight is 424 g/mol. The SMILES string of the molecule is Cc1ccc(-c2nc(CCNC(=O)N3CCN(C(=O)CC(F)(F)F)CC3)co2)cc1. The van der Waals surface area contributed by atoms with Gasteiger partial charge in [0, 0.05) is 44.7 Å². The first-order valence-electron chi connectivity index (χ1n) is 9.60. The van der Waals surface area contributed by atoms with Crippen molar-refractivity contribution in [1.82, 2.24) is 20.1 Å². The lowest BCUT2D eigenvalue weighted by molar-refractivity contribution is -0.162. The second-order valence-corrected chi connectivity index (χ2v) is 7.15. The van der Waals surface area contributed by atoms with Gasteiger partial charge in [0.15, 0.2) is 0 Å². The highest BCUT2D eigenvalue weighted by Crippen LogP contribution is 2.21. The zero-order valence-electron chi connectivity index (χ0n) is 16.5. The standard InChI is InChI=1S/C20H23F3N4O3/c1-14-2-4-15(5-3-14)18-25-16(13-30-18)6-7-24-19(29)27-10-8-26(9-11-27)17(28)12-20(21,22)23/h2-5,13H,6-12H2,1H3,(H,24,29). The highest BCUT2D eigenvalue weighted by atomic mass is 19.4. The van der Waals surface area contributed by atoms with Gasteiger partial charge in [0.2, 0.25) is 11.8 Å². The van der Waals surface area contributed by atoms with E-state index in [4.69, 9.17) is 4.42 Å². The Kier molecular flexibility index (Phi) is 6.63. The molecule has 0 radical (unpaired) electrons. The monoisotopic (exact) mass is 424 g/mol. The van der Waals surface area contributed by atoms with Gasteiger partial charge < -0.3 is 19.5 Å². The molecule has 1 aliphatic heterocycles. The lowest BCUT2D eigenvalue weighted by Crippen LogP contribution is -2.53. The second kappa shape index (κ2) is 9.19. The van der Waals surface area contributed by atoms with E-state index in [2.05, 4.69) is 10.3 Å². The quantitative estimate of drug-likeness (QED) is 0.801. The molecule has 3 amide bonds. The topological polar surface area (TPSA) is 78.7 Å². The Balaban J connectivity index is 1.40. The fraction of sp³-hybridized carbons (Fsp3) is 0.450. The van der Waals surface area contributed by atoms with E-state index in [1.807, 2.05) is 31.2 Å². The van der Waals surface area contributed by atoms with Gasteiger partial charge >= 0.3 is 12.2 Å². The van der Waals surface area contributed by atoms with Crippen molar-refractivity contribution in [3.63, 3.8) is 0 Å². The number of piperazine rings is 1. The van der Waals surface area contributed by atoms with Crippen LogP contribution < -0.4 is 5.32 Å². The predicted molar refractivity (Wildman–Crippen MR) is 103 cm³/mol. The van der Waals surface area contributed by atoms with E-state index in [9.17, 15) is 22.8 Å². The fourth-order valence-corrected chi connectivity index (χ4v) is 3.10. The average Bonchev–Trinajstić information content (AvgIpc) is 3.16. The molecule has 0 bridgehead atoms. The first-order valence-corrected chi connectivity index (χ1v) is 9.60. The Hall–Kier alpha value is -3.04. The second-order valence-electron chi connectivity index (χ2n) is 7.15. The molecule has 0 aliphatic carbocycles. The van der Waals surface area contributed by atoms with Crippen molar-refractivity contribution in [2.45, 2.75) is 25.9 Å². The highest BCUT2D eigenvalue weighted by Gasteiger charge is 2.34. The number of nitrogens with zero attached hydrogens (tertiary/aromatic N) is 3. The normalized spacial score (nSPS) is 14.7. The van der Waals surface area contributed by atoms with Crippen LogP contribution in [0.2, 0.25) is 0 Å². The van der Waals surface area contributed by atoms with E-state index < -0.39 is 18.5 Å². The lowest BCUT2D eigenvalue weighted by Gasteiger charge is -2.34. The number of benzene rings is 1. The Morgan fingerprint density at radius 3 is 2.37 bits per heavy atom. The summed E-state index contributed by atoms with van der Waals surface area (Å²) in [5.74, 6) is -0.450. The van der Waals surface area contributed by atoms with Gasteiger partial charge in [-0.05, 0) is 19.1 Å². The van der Waals surface area contributed by atoms with Crippen LogP contribution in [-0.4, -0.2) is 65.6 Å². The van der Waals surface area contributed by atoms with E-state index in [1.54, 1.807) is 6.26 Å². The van der Waals surface area contributed by atoms with Crippen LogP contribution in [-0.2, 0) is 11.2 Å². The van der Waals surface area contributed by atoms with Crippen molar-refractivity contribution >= 4 is 11.9 Å². The lowest BCUT2D eigenvalue weighted by atomic mass is 10.1. The number of hydrogen-bond donors (Lipinski definition) is 1. The summed E-state index contributed by atoms with van der Waals surface area (Å²) >= 11 is 0. The number of aromatic nitrogens is 1. The zero-order chi connectivity index (χ0) is 21.7. The number of aryl methyl sites for hydroxylation is 1. The zero-order valence-corrected chi connectivity index (χ0v) is 16.5. The summed E-state index contributed by atoms with van der Waals surface area (Å²) in [4.78, 5) is 30.9. The molecule has 30 heavy (non-hydrogen) atoms. The van der Waals surface area contributed by atoms with Crippen LogP contribution in [0.1, 0.15) is 17.7 Å². The molecule has 2 heterocycles. The summed E-state index contributed by atoms with van der Waals surface area (Å²) < 4.78 is 42.5. The molecule has 1 saturated heterocycles. The number of rotatable bonds is 5. The number of carbonyl (C=O) groups is 2. The molecule has 0 atom stereocenters. The van der Waals surface area contributed by atoms with Crippen molar-refractivity contribution < 1.29 is 27.2 Å². The van der Waals surface area contributed by atoms with E-state index in [1.165, 1.54) is 4.90 Å². The van der Waals surface area contributed by atoms with Crippen LogP contribution in [0.4, 0.5) is 18.0 Å². The Morgan fingerprint density at radius 2 is 1.73 bits per heavy atom. The number of amides is 3. The number of hydrogen-bond acceptors (Lipinski definition) is 4. The van der Waals surface area contributed by atoms with Crippen LogP contribution in [0, 0.1) is 6.92 Å². The van der Waals surface area contributed by atoms with E-state index in [0.29, 0.717) is 24.6 Å². The Labute approximate surface area is 171 Å². The molecular formula is C20H23F3N4O3. The minimum atomic E-state index is -4.52. The smallest absolute Gasteiger partial charge is 0.397 e. The number of urea groups is 1. The summed E-state index contributed by atoms with van der Waals surface area (Å²) in [5, 5.41) is 2.76. The van der Waals surface area contributed by atoms with E-state index in [-0.39, 0.29) is 32.2 Å². The van der Waals surface area contributed by atoms with Gasteiger partial charge in [-0.15, -0.1) is 0 Å². The van der Waals surface area contributed by atoms with Gasteiger partial charge in [0.1, 0.15) is 12.7 Å². The molecule has 1 aromatic heterocycles. The highest BCUT2D eigenvalue weighted by molar-refractivity contribution is 5.78. The number of oxazole rings is 1. The molecule has 1 aliphatic rings. The largest absolute Gasteiger partial charge is 0.444 e. The molecule has 7 nitrogen and oxygen atoms in total. The van der Waals surface area contributed by atoms with E-state index in [0.717, 1.165) is 16.0 Å². The van der Waals surface area contributed by atoms with Gasteiger partial charge in [0.25, 0.3) is 0 Å². The third-order valence-electron chi connectivity index (χ3n) is 4.78. The molecule has 0 spiro atoms. The predicted octanol–water partition coefficient (Wildman–Crippen LogP) is 3.00. The minimum absolute atomic E-state index is 0.0888. The summed E-state index contributed by atoms with van der Waals surface area (Å²) in [6.45, 7) is 2.89. The van der Waals surface area contributed by atoms with Gasteiger partial charge in [-0.3, -0.25) is 4.79 Å². The Bertz CT molecular complexity index is 872. The molecule has 10 heteroatoms. The number of halogens is 3. The molecule has 0 saturated carbocycles. The maximum atomic E-state index is 12.3. The van der Waals surface area contributed by atoms with Gasteiger partial charge in [-0.2, -0.15) is 13.2 Å². The Morgan fingerprint density at radius 1 is 1.10 bits per heavy atom. The van der Waals surface area contributed by atoms with Crippen LogP contribution in [0.3, 0.4) is 0 Å². The number of alkyl halides is 3. The molecule has 162 valence electrons. The number of carbonyl (C=O) groups excluding carboxylic acids is 2. The van der Waals surface area contributed by atoms with Crippen molar-refractivity contribution in [2.75, 3.05) is 32.7 Å². The summed E-state index contributed by atoms with van der Waals surface area (Å²) in [5.41, 5.74) is 2.71. The maximum absolute atomic E-state index is 12.3.